The molecule has 0 atom stereocenters. The summed E-state index contributed by atoms with van der Waals surface area (Å²) in [7, 11) is 0. The number of nitrogens with one attached hydrogen (secondary N) is 1. The van der Waals surface area contributed by atoms with E-state index in [9.17, 15) is 9.18 Å². The molecule has 4 rings (SSSR count). The summed E-state index contributed by atoms with van der Waals surface area (Å²) in [6.45, 7) is 8.72. The van der Waals surface area contributed by atoms with E-state index >= 15 is 0 Å². The van der Waals surface area contributed by atoms with Gasteiger partial charge in [0.25, 0.3) is 5.91 Å². The maximum atomic E-state index is 14.5. The monoisotopic (exact) mass is 416 g/mol. The van der Waals surface area contributed by atoms with Crippen molar-refractivity contribution in [3.8, 4) is 0 Å². The van der Waals surface area contributed by atoms with Crippen LogP contribution in [0.15, 0.2) is 30.5 Å². The van der Waals surface area contributed by atoms with Crippen LogP contribution >= 0.6 is 0 Å². The number of nitrogen functional groups attached to an aromatic ring is 1. The summed E-state index contributed by atoms with van der Waals surface area (Å²) in [6.07, 6.45) is 1.71. The molecule has 0 radical (unpaired) electrons. The van der Waals surface area contributed by atoms with Gasteiger partial charge >= 0.3 is 0 Å². The van der Waals surface area contributed by atoms with Gasteiger partial charge in [0.2, 0.25) is 5.95 Å². The highest BCUT2D eigenvalue weighted by atomic mass is 19.1. The Kier molecular flexibility index (Phi) is 7.53. The van der Waals surface area contributed by atoms with Crippen LogP contribution < -0.4 is 16.0 Å². The lowest BCUT2D eigenvalue weighted by Crippen LogP contribution is -2.48. The first-order valence-electron chi connectivity index (χ1n) is 10.3. The zero-order valence-electron chi connectivity index (χ0n) is 17.5. The lowest BCUT2D eigenvalue weighted by atomic mass is 10.2. The van der Waals surface area contributed by atoms with E-state index < -0.39 is 5.95 Å². The van der Waals surface area contributed by atoms with Gasteiger partial charge in [0.15, 0.2) is 0 Å². The first-order valence-corrected chi connectivity index (χ1v) is 10.3. The third-order valence-electron chi connectivity index (χ3n) is 5.00. The van der Waals surface area contributed by atoms with Crippen molar-refractivity contribution >= 4 is 17.4 Å². The van der Waals surface area contributed by atoms with Crippen molar-refractivity contribution in [3.05, 3.63) is 47.7 Å². The Balaban J connectivity index is 0.00000124. The molecule has 2 aromatic heterocycles. The number of ether oxygens (including phenoxy) is 1. The molecule has 0 unspecified atom stereocenters. The fraction of sp³-hybridized carbons (Fsp3) is 0.476. The van der Waals surface area contributed by atoms with Gasteiger partial charge in [-0.1, -0.05) is 13.8 Å². The van der Waals surface area contributed by atoms with Gasteiger partial charge < -0.3 is 20.7 Å². The number of anilines is 2. The summed E-state index contributed by atoms with van der Waals surface area (Å²) in [5.74, 6) is -0.480. The second-order valence-corrected chi connectivity index (χ2v) is 7.07. The molecular weight excluding hydrogens is 387 g/mol. The Morgan fingerprint density at radius 2 is 1.97 bits per heavy atom. The normalized spacial score (nSPS) is 17.0. The van der Waals surface area contributed by atoms with Crippen molar-refractivity contribution in [2.45, 2.75) is 26.4 Å². The van der Waals surface area contributed by atoms with E-state index in [1.54, 1.807) is 18.3 Å². The standard InChI is InChI=1S/C19H23FN6O2.C2H6/c20-18-16(2-1-15(24-18)19(27)23-14-11-28-12-14)26-7-5-25(6-8-26)10-13-3-4-22-17(21)9-13;1-2/h1-4,9,14H,5-8,10-12H2,(H2,21,22)(H,23,27);1-2H3. The molecule has 2 aromatic rings. The molecule has 2 aliphatic heterocycles. The SMILES string of the molecule is CC.Nc1cc(CN2CCN(c3ccc(C(=O)NC4COC4)nc3F)CC2)ccn1. The second-order valence-electron chi connectivity index (χ2n) is 7.07. The largest absolute Gasteiger partial charge is 0.384 e. The van der Waals surface area contributed by atoms with Crippen molar-refractivity contribution in [2.24, 2.45) is 0 Å². The Morgan fingerprint density at radius 3 is 2.57 bits per heavy atom. The molecule has 1 amide bonds. The summed E-state index contributed by atoms with van der Waals surface area (Å²) in [5, 5.41) is 2.77. The number of nitrogens with zero attached hydrogens (tertiary/aromatic N) is 4. The van der Waals surface area contributed by atoms with Crippen LogP contribution in [-0.4, -0.2) is 66.2 Å². The predicted molar refractivity (Wildman–Crippen MR) is 114 cm³/mol. The number of hydrogen-bond donors (Lipinski definition) is 2. The van der Waals surface area contributed by atoms with Crippen LogP contribution in [0.25, 0.3) is 0 Å². The third kappa shape index (κ3) is 5.43. The van der Waals surface area contributed by atoms with Crippen molar-refractivity contribution in [1.82, 2.24) is 20.2 Å². The minimum absolute atomic E-state index is 0.0131. The first kappa shape index (κ1) is 21.9. The summed E-state index contributed by atoms with van der Waals surface area (Å²) < 4.78 is 19.5. The second kappa shape index (κ2) is 10.3. The molecule has 0 spiro atoms. The average Bonchev–Trinajstić information content (AvgIpc) is 2.73. The summed E-state index contributed by atoms with van der Waals surface area (Å²) >= 11 is 0. The molecule has 0 aromatic carbocycles. The van der Waals surface area contributed by atoms with E-state index in [1.807, 2.05) is 30.9 Å². The Labute approximate surface area is 176 Å². The molecule has 4 heterocycles. The van der Waals surface area contributed by atoms with E-state index in [1.165, 1.54) is 0 Å². The number of halogens is 1. The molecule has 0 bridgehead atoms. The Hall–Kier alpha value is -2.78. The van der Waals surface area contributed by atoms with Crippen LogP contribution in [-0.2, 0) is 11.3 Å². The molecule has 162 valence electrons. The van der Waals surface area contributed by atoms with E-state index in [4.69, 9.17) is 10.5 Å². The van der Waals surface area contributed by atoms with Crippen LogP contribution in [0.5, 0.6) is 0 Å². The number of carbonyl (C=O) groups excluding carboxylic acids is 1. The molecule has 0 saturated carbocycles. The zero-order valence-corrected chi connectivity index (χ0v) is 17.5. The van der Waals surface area contributed by atoms with E-state index in [0.29, 0.717) is 37.8 Å². The fourth-order valence-electron chi connectivity index (χ4n) is 3.37. The smallest absolute Gasteiger partial charge is 0.270 e. The van der Waals surface area contributed by atoms with E-state index in [2.05, 4.69) is 20.2 Å². The van der Waals surface area contributed by atoms with Crippen LogP contribution in [0.1, 0.15) is 29.9 Å². The highest BCUT2D eigenvalue weighted by Gasteiger charge is 2.24. The number of pyridine rings is 2. The topological polar surface area (TPSA) is 96.6 Å². The van der Waals surface area contributed by atoms with Crippen molar-refractivity contribution < 1.29 is 13.9 Å². The van der Waals surface area contributed by atoms with Gasteiger partial charge in [0.05, 0.1) is 24.9 Å². The van der Waals surface area contributed by atoms with Gasteiger partial charge in [-0.05, 0) is 29.8 Å². The van der Waals surface area contributed by atoms with Gasteiger partial charge in [-0.3, -0.25) is 9.69 Å². The summed E-state index contributed by atoms with van der Waals surface area (Å²) in [4.78, 5) is 24.2. The first-order chi connectivity index (χ1) is 14.6. The van der Waals surface area contributed by atoms with E-state index in [0.717, 1.165) is 25.2 Å². The van der Waals surface area contributed by atoms with Gasteiger partial charge in [-0.15, -0.1) is 0 Å². The maximum absolute atomic E-state index is 14.5. The van der Waals surface area contributed by atoms with Crippen LogP contribution in [0.2, 0.25) is 0 Å². The number of carbonyl (C=O) groups is 1. The summed E-state index contributed by atoms with van der Waals surface area (Å²) in [5.41, 5.74) is 7.35. The molecular formula is C21H29FN6O2. The number of amides is 1. The lowest BCUT2D eigenvalue weighted by Gasteiger charge is -2.36. The highest BCUT2D eigenvalue weighted by Crippen LogP contribution is 2.21. The van der Waals surface area contributed by atoms with Crippen LogP contribution in [0, 0.1) is 5.95 Å². The van der Waals surface area contributed by atoms with Gasteiger partial charge in [0.1, 0.15) is 11.5 Å². The van der Waals surface area contributed by atoms with Crippen LogP contribution in [0.3, 0.4) is 0 Å². The Morgan fingerprint density at radius 1 is 1.23 bits per heavy atom. The summed E-state index contributed by atoms with van der Waals surface area (Å²) in [6, 6.07) is 7.01. The molecule has 2 fully saturated rings. The number of rotatable bonds is 5. The van der Waals surface area contributed by atoms with Gasteiger partial charge in [-0.25, -0.2) is 9.97 Å². The van der Waals surface area contributed by atoms with Gasteiger partial charge in [0, 0.05) is 38.9 Å². The van der Waals surface area contributed by atoms with Gasteiger partial charge in [-0.2, -0.15) is 4.39 Å². The third-order valence-corrected chi connectivity index (χ3v) is 5.00. The number of piperazine rings is 1. The quantitative estimate of drug-likeness (QED) is 0.716. The van der Waals surface area contributed by atoms with Crippen molar-refractivity contribution in [1.29, 1.82) is 0 Å². The highest BCUT2D eigenvalue weighted by molar-refractivity contribution is 5.92. The molecule has 2 saturated heterocycles. The molecule has 3 N–H and O–H groups in total. The lowest BCUT2D eigenvalue weighted by molar-refractivity contribution is -0.00356. The minimum atomic E-state index is -0.618. The fourth-order valence-corrected chi connectivity index (χ4v) is 3.37. The Bertz CT molecular complexity index is 853. The maximum Gasteiger partial charge on any atom is 0.270 e. The number of hydrogen-bond acceptors (Lipinski definition) is 7. The molecule has 2 aliphatic rings. The number of aromatic nitrogens is 2. The number of nitrogens with two attached hydrogens (primary N) is 1. The predicted octanol–water partition coefficient (Wildman–Crippen LogP) is 1.67. The van der Waals surface area contributed by atoms with E-state index in [-0.39, 0.29) is 17.6 Å². The van der Waals surface area contributed by atoms with Crippen LogP contribution in [0.4, 0.5) is 15.9 Å². The molecule has 9 heteroatoms. The minimum Gasteiger partial charge on any atom is -0.384 e. The van der Waals surface area contributed by atoms with Crippen molar-refractivity contribution in [2.75, 3.05) is 50.0 Å². The molecule has 0 aliphatic carbocycles. The molecule has 8 nitrogen and oxygen atoms in total. The average molecular weight is 417 g/mol. The molecule has 30 heavy (non-hydrogen) atoms. The van der Waals surface area contributed by atoms with Crippen molar-refractivity contribution in [3.63, 3.8) is 0 Å². The zero-order chi connectivity index (χ0) is 21.5.